The number of thiazole rings is 1. The number of aryl methyl sites for hydroxylation is 3. The molecule has 0 radical (unpaired) electrons. The number of amides is 2. The van der Waals surface area contributed by atoms with Gasteiger partial charge < -0.3 is 20.1 Å². The third-order valence-corrected chi connectivity index (χ3v) is 6.69. The minimum atomic E-state index is -1.01. The van der Waals surface area contributed by atoms with Crippen molar-refractivity contribution in [1.29, 1.82) is 0 Å². The van der Waals surface area contributed by atoms with Crippen LogP contribution in [-0.2, 0) is 4.79 Å². The molecule has 174 valence electrons. The molecule has 2 amide bonds. The average Bonchev–Trinajstić information content (AvgIpc) is 3.08. The summed E-state index contributed by atoms with van der Waals surface area (Å²) in [6.45, 7) is 7.22. The summed E-state index contributed by atoms with van der Waals surface area (Å²) in [6, 6.07) is 5.88. The molecule has 0 bridgehead atoms. The lowest BCUT2D eigenvalue weighted by atomic mass is 9.93. The first-order chi connectivity index (χ1) is 15.1. The number of ether oxygens (including phenoxy) is 1. The number of nitrogens with zero attached hydrogens (tertiary/aromatic N) is 3. The molecule has 1 aromatic carbocycles. The first-order valence-corrected chi connectivity index (χ1v) is 11.5. The highest BCUT2D eigenvalue weighted by atomic mass is 32.1. The van der Waals surface area contributed by atoms with E-state index in [1.165, 1.54) is 21.8 Å². The molecule has 1 aliphatic heterocycles. The number of β-amino-alcohol motifs (C(OH)–C–C–N with tert-alkyl or cyclic N) is 1. The van der Waals surface area contributed by atoms with Crippen molar-refractivity contribution in [2.45, 2.75) is 39.2 Å². The predicted octanol–water partition coefficient (Wildman–Crippen LogP) is 2.61. The van der Waals surface area contributed by atoms with Gasteiger partial charge in [0.25, 0.3) is 5.91 Å². The molecule has 2 aromatic rings. The van der Waals surface area contributed by atoms with Crippen molar-refractivity contribution >= 4 is 28.3 Å². The van der Waals surface area contributed by atoms with E-state index in [0.717, 1.165) is 24.3 Å². The second-order valence-electron chi connectivity index (χ2n) is 8.75. The number of aliphatic hydroxyl groups is 1. The third-order valence-electron chi connectivity index (χ3n) is 5.63. The third kappa shape index (κ3) is 6.05. The number of anilines is 1. The summed E-state index contributed by atoms with van der Waals surface area (Å²) in [5, 5.41) is 14.2. The zero-order valence-electron chi connectivity index (χ0n) is 19.4. The van der Waals surface area contributed by atoms with Crippen LogP contribution >= 0.6 is 11.3 Å². The largest absolute Gasteiger partial charge is 0.491 e. The van der Waals surface area contributed by atoms with Gasteiger partial charge >= 0.3 is 0 Å². The first-order valence-electron chi connectivity index (χ1n) is 10.7. The van der Waals surface area contributed by atoms with Crippen LogP contribution in [0.4, 0.5) is 5.13 Å². The molecular weight excluding hydrogens is 428 g/mol. The molecule has 2 N–H and O–H groups in total. The molecular formula is C23H32N4O4S. The molecule has 1 aliphatic rings. The first kappa shape index (κ1) is 24.2. The molecule has 1 atom stereocenters. The number of carbonyl (C=O) groups excluding carboxylic acids is 2. The van der Waals surface area contributed by atoms with E-state index in [-0.39, 0.29) is 25.0 Å². The zero-order valence-corrected chi connectivity index (χ0v) is 20.2. The Kier molecular flexibility index (Phi) is 7.53. The highest BCUT2D eigenvalue weighted by Crippen LogP contribution is 2.25. The molecule has 0 spiro atoms. The van der Waals surface area contributed by atoms with Gasteiger partial charge in [-0.15, -0.1) is 0 Å². The monoisotopic (exact) mass is 460 g/mol. The summed E-state index contributed by atoms with van der Waals surface area (Å²) in [5.41, 5.74) is 1.92. The molecule has 1 saturated heterocycles. The van der Waals surface area contributed by atoms with Gasteiger partial charge in [-0.3, -0.25) is 14.5 Å². The fourth-order valence-electron chi connectivity index (χ4n) is 3.69. The van der Waals surface area contributed by atoms with E-state index in [1.54, 1.807) is 21.0 Å². The van der Waals surface area contributed by atoms with Crippen molar-refractivity contribution in [1.82, 2.24) is 14.8 Å². The minimum absolute atomic E-state index is 0.134. The Morgan fingerprint density at radius 2 is 2.03 bits per heavy atom. The number of nitrogens with one attached hydrogen (secondary N) is 1. The van der Waals surface area contributed by atoms with Crippen molar-refractivity contribution < 1.29 is 19.4 Å². The highest BCUT2D eigenvalue weighted by Gasteiger charge is 2.35. The Hall–Kier alpha value is -2.49. The Labute approximate surface area is 193 Å². The SMILES string of the molecule is Cc1ccc(OCC2(O)CCCN(CC(=O)Nc3nc(C)c(C(=O)N(C)C)s3)C2)cc1C. The topological polar surface area (TPSA) is 95.0 Å². The molecule has 9 heteroatoms. The molecule has 1 aromatic heterocycles. The Balaban J connectivity index is 1.55. The van der Waals surface area contributed by atoms with Crippen molar-refractivity contribution in [3.63, 3.8) is 0 Å². The summed E-state index contributed by atoms with van der Waals surface area (Å²) < 4.78 is 5.87. The van der Waals surface area contributed by atoms with Gasteiger partial charge in [0.15, 0.2) is 5.13 Å². The standard InChI is InChI=1S/C23H32N4O4S/c1-15-7-8-18(11-16(15)2)31-14-23(30)9-6-10-27(13-23)12-19(28)25-22-24-17(3)20(32-22)21(29)26(4)5/h7-8,11,30H,6,9-10,12-14H2,1-5H3,(H,24,25,28). The second kappa shape index (κ2) is 9.97. The summed E-state index contributed by atoms with van der Waals surface area (Å²) in [6.07, 6.45) is 1.40. The molecule has 2 heterocycles. The molecule has 1 fully saturated rings. The molecule has 0 aliphatic carbocycles. The van der Waals surface area contributed by atoms with Crippen molar-refractivity contribution in [3.05, 3.63) is 39.9 Å². The van der Waals surface area contributed by atoms with Crippen LogP contribution in [0.25, 0.3) is 0 Å². The highest BCUT2D eigenvalue weighted by molar-refractivity contribution is 7.17. The molecule has 0 saturated carbocycles. The Bertz CT molecular complexity index is 990. The second-order valence-corrected chi connectivity index (χ2v) is 9.75. The van der Waals surface area contributed by atoms with Crippen LogP contribution in [0.15, 0.2) is 18.2 Å². The van der Waals surface area contributed by atoms with Gasteiger partial charge in [-0.2, -0.15) is 0 Å². The van der Waals surface area contributed by atoms with Gasteiger partial charge in [-0.05, 0) is 63.4 Å². The number of rotatable bonds is 7. The van der Waals surface area contributed by atoms with E-state index < -0.39 is 5.60 Å². The number of hydrogen-bond acceptors (Lipinski definition) is 7. The lowest BCUT2D eigenvalue weighted by Crippen LogP contribution is -2.53. The molecule has 1 unspecified atom stereocenters. The Morgan fingerprint density at radius 3 is 2.72 bits per heavy atom. The van der Waals surface area contributed by atoms with Crippen molar-refractivity contribution in [2.24, 2.45) is 0 Å². The Morgan fingerprint density at radius 1 is 1.28 bits per heavy atom. The van der Waals surface area contributed by atoms with E-state index in [1.807, 2.05) is 36.9 Å². The van der Waals surface area contributed by atoms with Gasteiger partial charge in [-0.1, -0.05) is 17.4 Å². The smallest absolute Gasteiger partial charge is 0.265 e. The fourth-order valence-corrected chi connectivity index (χ4v) is 4.70. The summed E-state index contributed by atoms with van der Waals surface area (Å²) in [4.78, 5) is 33.0. The van der Waals surface area contributed by atoms with E-state index in [0.29, 0.717) is 28.7 Å². The van der Waals surface area contributed by atoms with E-state index in [4.69, 9.17) is 4.74 Å². The number of piperidine rings is 1. The summed E-state index contributed by atoms with van der Waals surface area (Å²) in [5.74, 6) is 0.380. The predicted molar refractivity (Wildman–Crippen MR) is 126 cm³/mol. The molecule has 8 nitrogen and oxygen atoms in total. The minimum Gasteiger partial charge on any atom is -0.491 e. The maximum Gasteiger partial charge on any atom is 0.265 e. The van der Waals surface area contributed by atoms with Crippen LogP contribution in [-0.4, -0.2) is 77.6 Å². The van der Waals surface area contributed by atoms with Crippen LogP contribution in [0.2, 0.25) is 0 Å². The fraction of sp³-hybridized carbons (Fsp3) is 0.522. The van der Waals surface area contributed by atoms with Gasteiger partial charge in [0.05, 0.1) is 12.2 Å². The van der Waals surface area contributed by atoms with Crippen LogP contribution in [0.5, 0.6) is 5.75 Å². The van der Waals surface area contributed by atoms with Crippen LogP contribution in [0.3, 0.4) is 0 Å². The van der Waals surface area contributed by atoms with Crippen molar-refractivity contribution in [3.8, 4) is 5.75 Å². The number of carbonyl (C=O) groups is 2. The van der Waals surface area contributed by atoms with E-state index in [9.17, 15) is 14.7 Å². The van der Waals surface area contributed by atoms with Crippen molar-refractivity contribution in [2.75, 3.05) is 45.7 Å². The van der Waals surface area contributed by atoms with E-state index in [2.05, 4.69) is 10.3 Å². The van der Waals surface area contributed by atoms with Gasteiger partial charge in [0.2, 0.25) is 5.91 Å². The van der Waals surface area contributed by atoms with Gasteiger partial charge in [0.1, 0.15) is 22.8 Å². The maximum absolute atomic E-state index is 12.6. The molecule has 32 heavy (non-hydrogen) atoms. The number of hydrogen-bond donors (Lipinski definition) is 2. The number of aromatic nitrogens is 1. The zero-order chi connectivity index (χ0) is 23.5. The van der Waals surface area contributed by atoms with Gasteiger partial charge in [-0.25, -0.2) is 4.98 Å². The summed E-state index contributed by atoms with van der Waals surface area (Å²) in [7, 11) is 3.36. The summed E-state index contributed by atoms with van der Waals surface area (Å²) >= 11 is 1.17. The van der Waals surface area contributed by atoms with Crippen LogP contribution < -0.4 is 10.1 Å². The lowest BCUT2D eigenvalue weighted by Gasteiger charge is -2.38. The number of benzene rings is 1. The van der Waals surface area contributed by atoms with Crippen LogP contribution in [0, 0.1) is 20.8 Å². The quantitative estimate of drug-likeness (QED) is 0.660. The normalized spacial score (nSPS) is 18.9. The average molecular weight is 461 g/mol. The van der Waals surface area contributed by atoms with Gasteiger partial charge in [0, 0.05) is 20.6 Å². The van der Waals surface area contributed by atoms with E-state index >= 15 is 0 Å². The van der Waals surface area contributed by atoms with Crippen LogP contribution in [0.1, 0.15) is 39.3 Å². The number of likely N-dealkylation sites (tertiary alicyclic amines) is 1. The lowest BCUT2D eigenvalue weighted by molar-refractivity contribution is -0.119. The maximum atomic E-state index is 12.6. The molecule has 3 rings (SSSR count).